The molecule has 2 heterocycles. The molecule has 3 rings (SSSR count). The summed E-state index contributed by atoms with van der Waals surface area (Å²) in [5.41, 5.74) is 0.977. The molecule has 1 fully saturated rings. The predicted octanol–water partition coefficient (Wildman–Crippen LogP) is 1.76. The van der Waals surface area contributed by atoms with Crippen molar-refractivity contribution in [3.63, 3.8) is 0 Å². The van der Waals surface area contributed by atoms with E-state index in [9.17, 15) is 10.1 Å². The van der Waals surface area contributed by atoms with E-state index in [4.69, 9.17) is 9.15 Å². The number of nitro benzene ring substituents is 1. The Balaban J connectivity index is 1.55. The first-order valence-corrected chi connectivity index (χ1v) is 9.29. The lowest BCUT2D eigenvalue weighted by Gasteiger charge is -2.26. The molecule has 1 aliphatic rings. The summed E-state index contributed by atoms with van der Waals surface area (Å²) >= 11 is 0. The summed E-state index contributed by atoms with van der Waals surface area (Å²) in [6.45, 7) is 6.04. The number of aliphatic imine (C=N–C) groups is 1. The quantitative estimate of drug-likeness (QED) is 0.308. The second kappa shape index (κ2) is 10.4. The Hall–Kier alpha value is -2.91. The number of ether oxygens (including phenoxy) is 1. The minimum absolute atomic E-state index is 0.0764. The monoisotopic (exact) mass is 387 g/mol. The van der Waals surface area contributed by atoms with E-state index in [2.05, 4.69) is 20.5 Å². The number of furan rings is 1. The summed E-state index contributed by atoms with van der Waals surface area (Å²) in [7, 11) is 0. The van der Waals surface area contributed by atoms with Crippen molar-refractivity contribution >= 4 is 11.6 Å². The summed E-state index contributed by atoms with van der Waals surface area (Å²) in [6.07, 6.45) is 1.64. The molecule has 0 unspecified atom stereocenters. The number of nitrogens with one attached hydrogen (secondary N) is 2. The summed E-state index contributed by atoms with van der Waals surface area (Å²) in [6, 6.07) is 10.2. The second-order valence-electron chi connectivity index (χ2n) is 6.40. The van der Waals surface area contributed by atoms with Gasteiger partial charge in [-0.3, -0.25) is 15.0 Å². The third-order valence-electron chi connectivity index (χ3n) is 4.40. The Morgan fingerprint density at radius 1 is 1.18 bits per heavy atom. The molecule has 28 heavy (non-hydrogen) atoms. The zero-order valence-electron chi connectivity index (χ0n) is 15.7. The maximum absolute atomic E-state index is 10.8. The highest BCUT2D eigenvalue weighted by Crippen LogP contribution is 2.12. The number of guanidine groups is 1. The molecule has 9 nitrogen and oxygen atoms in total. The fourth-order valence-corrected chi connectivity index (χ4v) is 2.81. The highest BCUT2D eigenvalue weighted by atomic mass is 16.6. The molecule has 0 spiro atoms. The standard InChI is InChI=1S/C19H25N5O4/c25-24(26)17-5-3-16(4-6-17)14-21-19(22-15-18-2-1-11-28-18)20-7-8-23-9-12-27-13-10-23/h1-6,11H,7-10,12-15H2,(H2,20,21,22). The number of morpholine rings is 1. The van der Waals surface area contributed by atoms with Gasteiger partial charge < -0.3 is 19.8 Å². The van der Waals surface area contributed by atoms with Crippen LogP contribution in [0.15, 0.2) is 52.1 Å². The van der Waals surface area contributed by atoms with Gasteiger partial charge in [0.05, 0.1) is 37.5 Å². The summed E-state index contributed by atoms with van der Waals surface area (Å²) in [5, 5.41) is 17.4. The van der Waals surface area contributed by atoms with Gasteiger partial charge in [0.15, 0.2) is 5.96 Å². The second-order valence-corrected chi connectivity index (χ2v) is 6.40. The van der Waals surface area contributed by atoms with Crippen molar-refractivity contribution in [3.05, 3.63) is 64.1 Å². The lowest BCUT2D eigenvalue weighted by atomic mass is 10.2. The van der Waals surface area contributed by atoms with Gasteiger partial charge in [-0.15, -0.1) is 0 Å². The van der Waals surface area contributed by atoms with Crippen LogP contribution in [0.3, 0.4) is 0 Å². The average Bonchev–Trinajstić information content (AvgIpc) is 3.24. The van der Waals surface area contributed by atoms with Crippen LogP contribution in [0.5, 0.6) is 0 Å². The fraction of sp³-hybridized carbons (Fsp3) is 0.421. The molecule has 150 valence electrons. The SMILES string of the molecule is O=[N+]([O-])c1ccc(CN=C(NCCN2CCOCC2)NCc2ccco2)cc1. The van der Waals surface area contributed by atoms with Crippen LogP contribution in [-0.4, -0.2) is 55.2 Å². The molecule has 1 aromatic carbocycles. The number of hydrogen-bond donors (Lipinski definition) is 2. The first-order valence-electron chi connectivity index (χ1n) is 9.29. The molecule has 0 aliphatic carbocycles. The minimum atomic E-state index is -0.406. The molecule has 9 heteroatoms. The molecule has 1 saturated heterocycles. The fourth-order valence-electron chi connectivity index (χ4n) is 2.81. The highest BCUT2D eigenvalue weighted by Gasteiger charge is 2.10. The highest BCUT2D eigenvalue weighted by molar-refractivity contribution is 5.79. The molecule has 1 aliphatic heterocycles. The van der Waals surface area contributed by atoms with Crippen molar-refractivity contribution in [2.45, 2.75) is 13.1 Å². The van der Waals surface area contributed by atoms with Crippen molar-refractivity contribution in [1.82, 2.24) is 15.5 Å². The van der Waals surface area contributed by atoms with Crippen molar-refractivity contribution in [2.75, 3.05) is 39.4 Å². The van der Waals surface area contributed by atoms with E-state index in [-0.39, 0.29) is 5.69 Å². The van der Waals surface area contributed by atoms with E-state index in [1.807, 2.05) is 12.1 Å². The molecule has 2 aromatic rings. The molecule has 2 N–H and O–H groups in total. The van der Waals surface area contributed by atoms with Gasteiger partial charge in [-0.05, 0) is 17.7 Å². The van der Waals surface area contributed by atoms with E-state index in [0.29, 0.717) is 19.0 Å². The van der Waals surface area contributed by atoms with E-state index in [1.165, 1.54) is 12.1 Å². The molecule has 0 saturated carbocycles. The van der Waals surface area contributed by atoms with Crippen LogP contribution < -0.4 is 10.6 Å². The number of nitrogens with zero attached hydrogens (tertiary/aromatic N) is 3. The Morgan fingerprint density at radius 2 is 1.96 bits per heavy atom. The molecular weight excluding hydrogens is 362 g/mol. The normalized spacial score (nSPS) is 15.4. The van der Waals surface area contributed by atoms with Gasteiger partial charge in [-0.25, -0.2) is 4.99 Å². The first-order chi connectivity index (χ1) is 13.7. The van der Waals surface area contributed by atoms with Gasteiger partial charge in [0.25, 0.3) is 5.69 Å². The van der Waals surface area contributed by atoms with Gasteiger partial charge in [-0.2, -0.15) is 0 Å². The van der Waals surface area contributed by atoms with Crippen molar-refractivity contribution in [3.8, 4) is 0 Å². The van der Waals surface area contributed by atoms with E-state index < -0.39 is 4.92 Å². The van der Waals surface area contributed by atoms with Crippen molar-refractivity contribution in [2.24, 2.45) is 4.99 Å². The van der Waals surface area contributed by atoms with Crippen LogP contribution in [-0.2, 0) is 17.8 Å². The Labute approximate surface area is 163 Å². The number of nitro groups is 1. The summed E-state index contributed by atoms with van der Waals surface area (Å²) in [5.74, 6) is 1.49. The molecule has 0 atom stereocenters. The zero-order chi connectivity index (χ0) is 19.6. The van der Waals surface area contributed by atoms with Gasteiger partial charge >= 0.3 is 0 Å². The van der Waals surface area contributed by atoms with Crippen LogP contribution in [0.1, 0.15) is 11.3 Å². The van der Waals surface area contributed by atoms with E-state index in [0.717, 1.165) is 50.7 Å². The van der Waals surface area contributed by atoms with Crippen molar-refractivity contribution in [1.29, 1.82) is 0 Å². The Kier molecular flexibility index (Phi) is 7.39. The topological polar surface area (TPSA) is 105 Å². The van der Waals surface area contributed by atoms with Crippen LogP contribution in [0, 0.1) is 10.1 Å². The van der Waals surface area contributed by atoms with Gasteiger partial charge in [0, 0.05) is 38.3 Å². The molecule has 0 bridgehead atoms. The zero-order valence-corrected chi connectivity index (χ0v) is 15.7. The maximum Gasteiger partial charge on any atom is 0.269 e. The van der Waals surface area contributed by atoms with Crippen LogP contribution in [0.4, 0.5) is 5.69 Å². The summed E-state index contributed by atoms with van der Waals surface area (Å²) < 4.78 is 10.7. The van der Waals surface area contributed by atoms with Gasteiger partial charge in [-0.1, -0.05) is 12.1 Å². The van der Waals surface area contributed by atoms with Crippen molar-refractivity contribution < 1.29 is 14.1 Å². The number of non-ortho nitro benzene ring substituents is 1. The van der Waals surface area contributed by atoms with E-state index >= 15 is 0 Å². The average molecular weight is 387 g/mol. The largest absolute Gasteiger partial charge is 0.467 e. The third kappa shape index (κ3) is 6.36. The summed E-state index contributed by atoms with van der Waals surface area (Å²) in [4.78, 5) is 17.3. The first kappa shape index (κ1) is 19.8. The Bertz CT molecular complexity index is 755. The third-order valence-corrected chi connectivity index (χ3v) is 4.40. The van der Waals surface area contributed by atoms with Crippen LogP contribution in [0.25, 0.3) is 0 Å². The maximum atomic E-state index is 10.8. The van der Waals surface area contributed by atoms with Gasteiger partial charge in [0.1, 0.15) is 5.76 Å². The minimum Gasteiger partial charge on any atom is -0.467 e. The smallest absolute Gasteiger partial charge is 0.269 e. The van der Waals surface area contributed by atoms with Gasteiger partial charge in [0.2, 0.25) is 0 Å². The number of hydrogen-bond acceptors (Lipinski definition) is 6. The predicted molar refractivity (Wildman–Crippen MR) is 105 cm³/mol. The lowest BCUT2D eigenvalue weighted by Crippen LogP contribution is -2.44. The molecular formula is C19H25N5O4. The van der Waals surface area contributed by atoms with E-state index in [1.54, 1.807) is 18.4 Å². The van der Waals surface area contributed by atoms with Crippen LogP contribution >= 0.6 is 0 Å². The molecule has 0 amide bonds. The number of benzene rings is 1. The lowest BCUT2D eigenvalue weighted by molar-refractivity contribution is -0.384. The van der Waals surface area contributed by atoms with Crippen LogP contribution in [0.2, 0.25) is 0 Å². The Morgan fingerprint density at radius 3 is 2.64 bits per heavy atom. The molecule has 1 aromatic heterocycles. The number of rotatable bonds is 8. The molecule has 0 radical (unpaired) electrons.